The van der Waals surface area contributed by atoms with Crippen LogP contribution in [0.3, 0.4) is 0 Å². The summed E-state index contributed by atoms with van der Waals surface area (Å²) in [6.45, 7) is 6.50. The predicted molar refractivity (Wildman–Crippen MR) is 58.0 cm³/mol. The zero-order valence-corrected chi connectivity index (χ0v) is 9.31. The minimum atomic E-state index is -0.218. The Hall–Kier alpha value is -0.600. The van der Waals surface area contributed by atoms with E-state index in [9.17, 15) is 4.39 Å². The summed E-state index contributed by atoms with van der Waals surface area (Å²) in [6.07, 6.45) is 0. The zero-order chi connectivity index (χ0) is 10.6. The molecule has 0 heterocycles. The molecule has 0 aromatic heterocycles. The second-order valence-corrected chi connectivity index (χ2v) is 3.57. The van der Waals surface area contributed by atoms with Gasteiger partial charge in [0, 0.05) is 17.1 Å². The van der Waals surface area contributed by atoms with Crippen LogP contribution in [0.15, 0.2) is 18.2 Å². The average Bonchev–Trinajstić information content (AvgIpc) is 2.18. The van der Waals surface area contributed by atoms with Crippen molar-refractivity contribution in [2.45, 2.75) is 20.4 Å². The molecule has 0 saturated carbocycles. The van der Waals surface area contributed by atoms with Gasteiger partial charge in [-0.2, -0.15) is 0 Å². The van der Waals surface area contributed by atoms with Gasteiger partial charge in [0.2, 0.25) is 0 Å². The van der Waals surface area contributed by atoms with Gasteiger partial charge >= 0.3 is 0 Å². The fourth-order valence-corrected chi connectivity index (χ4v) is 1.58. The molecule has 0 amide bonds. The van der Waals surface area contributed by atoms with Crippen molar-refractivity contribution >= 4 is 11.6 Å². The predicted octanol–water partition coefficient (Wildman–Crippen LogP) is 3.32. The largest absolute Gasteiger partial charge is 0.299 e. The molecule has 0 atom stereocenters. The van der Waals surface area contributed by atoms with Crippen LogP contribution in [0.5, 0.6) is 0 Å². The Balaban J connectivity index is 2.84. The molecule has 78 valence electrons. The number of halogens is 2. The smallest absolute Gasteiger partial charge is 0.129 e. The van der Waals surface area contributed by atoms with E-state index in [2.05, 4.69) is 18.7 Å². The normalized spacial score (nSPS) is 10.9. The topological polar surface area (TPSA) is 3.24 Å². The van der Waals surface area contributed by atoms with Crippen LogP contribution in [0.25, 0.3) is 0 Å². The van der Waals surface area contributed by atoms with Crippen LogP contribution in [-0.2, 0) is 6.54 Å². The van der Waals surface area contributed by atoms with Crippen LogP contribution in [0.1, 0.15) is 19.4 Å². The Morgan fingerprint density at radius 2 is 1.93 bits per heavy atom. The molecule has 0 radical (unpaired) electrons. The fourth-order valence-electron chi connectivity index (χ4n) is 1.35. The Morgan fingerprint density at radius 1 is 1.29 bits per heavy atom. The van der Waals surface area contributed by atoms with Crippen LogP contribution in [0.2, 0.25) is 5.02 Å². The number of nitrogens with zero attached hydrogens (tertiary/aromatic N) is 1. The van der Waals surface area contributed by atoms with E-state index in [0.29, 0.717) is 17.1 Å². The number of hydrogen-bond donors (Lipinski definition) is 0. The van der Waals surface area contributed by atoms with Gasteiger partial charge in [0.1, 0.15) is 5.82 Å². The summed E-state index contributed by atoms with van der Waals surface area (Å²) >= 11 is 5.92. The van der Waals surface area contributed by atoms with Gasteiger partial charge in [-0.05, 0) is 25.2 Å². The third-order valence-corrected chi connectivity index (χ3v) is 2.69. The van der Waals surface area contributed by atoms with Crippen molar-refractivity contribution < 1.29 is 4.39 Å². The molecule has 0 aliphatic heterocycles. The maximum atomic E-state index is 13.4. The number of benzene rings is 1. The molecule has 0 aliphatic carbocycles. The lowest BCUT2D eigenvalue weighted by Crippen LogP contribution is -2.22. The molecule has 0 unspecified atom stereocenters. The van der Waals surface area contributed by atoms with E-state index >= 15 is 0 Å². The molecule has 0 aliphatic rings. The second kappa shape index (κ2) is 5.32. The van der Waals surface area contributed by atoms with Gasteiger partial charge < -0.3 is 0 Å². The molecule has 1 aromatic carbocycles. The van der Waals surface area contributed by atoms with Gasteiger partial charge in [-0.1, -0.05) is 31.5 Å². The van der Waals surface area contributed by atoms with E-state index < -0.39 is 0 Å². The van der Waals surface area contributed by atoms with Gasteiger partial charge in [0.05, 0.1) is 0 Å². The van der Waals surface area contributed by atoms with E-state index in [-0.39, 0.29) is 5.82 Å². The standard InChI is InChI=1S/C11H15ClFN/c1-3-14(4-2)8-9-10(12)6-5-7-11(9)13/h5-7H,3-4,8H2,1-2H3. The summed E-state index contributed by atoms with van der Waals surface area (Å²) in [5.74, 6) is -0.218. The lowest BCUT2D eigenvalue weighted by atomic mass is 10.2. The van der Waals surface area contributed by atoms with E-state index in [1.54, 1.807) is 12.1 Å². The van der Waals surface area contributed by atoms with Crippen LogP contribution < -0.4 is 0 Å². The van der Waals surface area contributed by atoms with Crippen molar-refractivity contribution in [3.8, 4) is 0 Å². The quantitative estimate of drug-likeness (QED) is 0.745. The summed E-state index contributed by atoms with van der Waals surface area (Å²) in [4.78, 5) is 2.13. The van der Waals surface area contributed by atoms with E-state index in [1.165, 1.54) is 6.07 Å². The molecule has 0 saturated heterocycles. The number of hydrogen-bond acceptors (Lipinski definition) is 1. The maximum absolute atomic E-state index is 13.4. The highest BCUT2D eigenvalue weighted by Gasteiger charge is 2.09. The van der Waals surface area contributed by atoms with Crippen molar-refractivity contribution in [3.05, 3.63) is 34.6 Å². The van der Waals surface area contributed by atoms with Crippen molar-refractivity contribution in [3.63, 3.8) is 0 Å². The molecular weight excluding hydrogens is 201 g/mol. The summed E-state index contributed by atoms with van der Waals surface area (Å²) < 4.78 is 13.4. The third kappa shape index (κ3) is 2.69. The van der Waals surface area contributed by atoms with Gasteiger partial charge in [-0.3, -0.25) is 4.90 Å². The minimum Gasteiger partial charge on any atom is -0.299 e. The first kappa shape index (κ1) is 11.5. The minimum absolute atomic E-state index is 0.218. The maximum Gasteiger partial charge on any atom is 0.129 e. The Bertz CT molecular complexity index is 277. The van der Waals surface area contributed by atoms with Crippen molar-refractivity contribution in [2.75, 3.05) is 13.1 Å². The first-order chi connectivity index (χ1) is 6.69. The van der Waals surface area contributed by atoms with Crippen LogP contribution in [0, 0.1) is 5.82 Å². The molecule has 1 rings (SSSR count). The second-order valence-electron chi connectivity index (χ2n) is 3.16. The molecule has 1 nitrogen and oxygen atoms in total. The summed E-state index contributed by atoms with van der Waals surface area (Å²) in [5.41, 5.74) is 0.595. The Kier molecular flexibility index (Phi) is 4.36. The molecule has 0 fully saturated rings. The molecule has 1 aromatic rings. The lowest BCUT2D eigenvalue weighted by molar-refractivity contribution is 0.291. The van der Waals surface area contributed by atoms with Crippen molar-refractivity contribution in [1.29, 1.82) is 0 Å². The SMILES string of the molecule is CCN(CC)Cc1c(F)cccc1Cl. The molecule has 0 spiro atoms. The Labute approximate surface area is 89.5 Å². The van der Waals surface area contributed by atoms with Gasteiger partial charge in [0.25, 0.3) is 0 Å². The van der Waals surface area contributed by atoms with Crippen molar-refractivity contribution in [2.24, 2.45) is 0 Å². The zero-order valence-electron chi connectivity index (χ0n) is 8.56. The monoisotopic (exact) mass is 215 g/mol. The summed E-state index contributed by atoms with van der Waals surface area (Å²) in [6, 6.07) is 4.80. The summed E-state index contributed by atoms with van der Waals surface area (Å²) in [7, 11) is 0. The van der Waals surface area contributed by atoms with Gasteiger partial charge in [-0.15, -0.1) is 0 Å². The highest BCUT2D eigenvalue weighted by atomic mass is 35.5. The van der Waals surface area contributed by atoms with Crippen LogP contribution in [0.4, 0.5) is 4.39 Å². The molecule has 0 bridgehead atoms. The first-order valence-corrected chi connectivity index (χ1v) is 5.22. The van der Waals surface area contributed by atoms with E-state index in [0.717, 1.165) is 13.1 Å². The summed E-state index contributed by atoms with van der Waals surface area (Å²) in [5, 5.41) is 0.511. The Morgan fingerprint density at radius 3 is 2.43 bits per heavy atom. The van der Waals surface area contributed by atoms with Crippen LogP contribution in [-0.4, -0.2) is 18.0 Å². The third-order valence-electron chi connectivity index (χ3n) is 2.34. The van der Waals surface area contributed by atoms with Gasteiger partial charge in [-0.25, -0.2) is 4.39 Å². The first-order valence-electron chi connectivity index (χ1n) is 4.84. The highest BCUT2D eigenvalue weighted by Crippen LogP contribution is 2.20. The molecular formula is C11H15ClFN. The van der Waals surface area contributed by atoms with Crippen molar-refractivity contribution in [1.82, 2.24) is 4.90 Å². The van der Waals surface area contributed by atoms with E-state index in [4.69, 9.17) is 11.6 Å². The molecule has 14 heavy (non-hydrogen) atoms. The average molecular weight is 216 g/mol. The lowest BCUT2D eigenvalue weighted by Gasteiger charge is -2.18. The van der Waals surface area contributed by atoms with E-state index in [1.807, 2.05) is 0 Å². The number of rotatable bonds is 4. The highest BCUT2D eigenvalue weighted by molar-refractivity contribution is 6.31. The van der Waals surface area contributed by atoms with Crippen LogP contribution >= 0.6 is 11.6 Å². The fraction of sp³-hybridized carbons (Fsp3) is 0.455. The molecule has 0 N–H and O–H groups in total. The molecule has 3 heteroatoms. The van der Waals surface area contributed by atoms with Gasteiger partial charge in [0.15, 0.2) is 0 Å².